The van der Waals surface area contributed by atoms with Gasteiger partial charge < -0.3 is 10.1 Å². The van der Waals surface area contributed by atoms with Crippen molar-refractivity contribution in [3.8, 4) is 11.4 Å². The molecule has 0 spiro atoms. The van der Waals surface area contributed by atoms with Crippen LogP contribution in [0.5, 0.6) is 5.75 Å². The summed E-state index contributed by atoms with van der Waals surface area (Å²) in [6, 6.07) is 12.5. The Labute approximate surface area is 160 Å². The molecule has 0 radical (unpaired) electrons. The Morgan fingerprint density at radius 2 is 1.74 bits per heavy atom. The minimum Gasteiger partial charge on any atom is -0.497 e. The van der Waals surface area contributed by atoms with Crippen LogP contribution in [-0.4, -0.2) is 25.3 Å². The van der Waals surface area contributed by atoms with Crippen molar-refractivity contribution < 1.29 is 13.2 Å². The summed E-state index contributed by atoms with van der Waals surface area (Å²) < 4.78 is 28.8. The van der Waals surface area contributed by atoms with E-state index in [0.29, 0.717) is 22.8 Å². The molecule has 0 amide bonds. The van der Waals surface area contributed by atoms with Crippen LogP contribution in [0.2, 0.25) is 5.02 Å². The lowest BCUT2D eigenvalue weighted by atomic mass is 10.3. The number of halogens is 1. The van der Waals surface area contributed by atoms with Gasteiger partial charge in [-0.3, -0.25) is 4.79 Å². The zero-order valence-corrected chi connectivity index (χ0v) is 15.7. The molecule has 0 saturated heterocycles. The lowest BCUT2D eigenvalue weighted by Gasteiger charge is -2.11. The highest BCUT2D eigenvalue weighted by Crippen LogP contribution is 2.23. The first-order chi connectivity index (χ1) is 12.8. The van der Waals surface area contributed by atoms with Gasteiger partial charge in [0.15, 0.2) is 0 Å². The Morgan fingerprint density at radius 3 is 2.30 bits per heavy atom. The summed E-state index contributed by atoms with van der Waals surface area (Å²) >= 11 is 6.18. The van der Waals surface area contributed by atoms with E-state index in [4.69, 9.17) is 21.5 Å². The third kappa shape index (κ3) is 4.11. The number of anilines is 2. The highest BCUT2D eigenvalue weighted by Gasteiger charge is 2.13. The third-order valence-corrected chi connectivity index (χ3v) is 4.99. The smallest absolute Gasteiger partial charge is 0.292 e. The quantitative estimate of drug-likeness (QED) is 0.671. The van der Waals surface area contributed by atoms with Crippen molar-refractivity contribution in [2.45, 2.75) is 4.90 Å². The van der Waals surface area contributed by atoms with Crippen LogP contribution in [0.15, 0.2) is 64.4 Å². The Balaban J connectivity index is 1.91. The molecule has 0 aliphatic rings. The molecule has 0 fully saturated rings. The molecular formula is C17H15ClN4O4S. The van der Waals surface area contributed by atoms with Crippen LogP contribution in [0.25, 0.3) is 5.69 Å². The number of nitrogens with one attached hydrogen (secondary N) is 1. The molecule has 0 unspecified atom stereocenters. The fourth-order valence-electron chi connectivity index (χ4n) is 2.31. The lowest BCUT2D eigenvalue weighted by molar-refractivity contribution is 0.415. The van der Waals surface area contributed by atoms with Crippen LogP contribution in [0.3, 0.4) is 0 Å². The number of nitrogens with zero attached hydrogens (tertiary/aromatic N) is 2. The molecule has 8 nitrogen and oxygen atoms in total. The molecule has 27 heavy (non-hydrogen) atoms. The van der Waals surface area contributed by atoms with Gasteiger partial charge in [0.25, 0.3) is 5.56 Å². The molecule has 0 bridgehead atoms. The van der Waals surface area contributed by atoms with Crippen LogP contribution in [0.1, 0.15) is 0 Å². The van der Waals surface area contributed by atoms with Crippen molar-refractivity contribution in [2.24, 2.45) is 5.14 Å². The third-order valence-electron chi connectivity index (χ3n) is 3.70. The number of methoxy groups -OCH3 is 1. The van der Waals surface area contributed by atoms with Crippen LogP contribution in [0.4, 0.5) is 11.4 Å². The maximum absolute atomic E-state index is 12.5. The Morgan fingerprint density at radius 1 is 1.11 bits per heavy atom. The van der Waals surface area contributed by atoms with E-state index in [9.17, 15) is 13.2 Å². The molecule has 0 saturated carbocycles. The fraction of sp³-hybridized carbons (Fsp3) is 0.0588. The first-order valence-electron chi connectivity index (χ1n) is 7.62. The molecule has 1 aromatic heterocycles. The van der Waals surface area contributed by atoms with Gasteiger partial charge in [0.1, 0.15) is 10.8 Å². The largest absolute Gasteiger partial charge is 0.497 e. The van der Waals surface area contributed by atoms with E-state index in [0.717, 1.165) is 4.68 Å². The van der Waals surface area contributed by atoms with Crippen molar-refractivity contribution in [2.75, 3.05) is 12.4 Å². The summed E-state index contributed by atoms with van der Waals surface area (Å²) in [5.41, 5.74) is 0.835. The average molecular weight is 407 g/mol. The van der Waals surface area contributed by atoms with Crippen molar-refractivity contribution in [1.29, 1.82) is 0 Å². The zero-order valence-electron chi connectivity index (χ0n) is 14.1. The van der Waals surface area contributed by atoms with E-state index < -0.39 is 15.6 Å². The Bertz CT molecular complexity index is 1130. The minimum absolute atomic E-state index is 0.0589. The molecule has 0 aliphatic heterocycles. The predicted molar refractivity (Wildman–Crippen MR) is 102 cm³/mol. The van der Waals surface area contributed by atoms with Gasteiger partial charge in [0, 0.05) is 5.69 Å². The minimum atomic E-state index is -3.82. The SMILES string of the molecule is COc1ccc(Nc2cnn(-c3ccc(S(N)(=O)=O)cc3)c(=O)c2Cl)cc1. The number of rotatable bonds is 5. The molecule has 10 heteroatoms. The van der Waals surface area contributed by atoms with Gasteiger partial charge in [-0.05, 0) is 48.5 Å². The second-order valence-corrected chi connectivity index (χ2v) is 7.42. The molecule has 1 heterocycles. The van der Waals surface area contributed by atoms with Crippen molar-refractivity contribution in [3.63, 3.8) is 0 Å². The lowest BCUT2D eigenvalue weighted by Crippen LogP contribution is -2.22. The van der Waals surface area contributed by atoms with Gasteiger partial charge in [0.05, 0.1) is 29.6 Å². The van der Waals surface area contributed by atoms with Crippen LogP contribution < -0.4 is 20.8 Å². The molecule has 0 aliphatic carbocycles. The topological polar surface area (TPSA) is 116 Å². The van der Waals surface area contributed by atoms with Gasteiger partial charge in [-0.25, -0.2) is 13.6 Å². The first kappa shape index (κ1) is 18.9. The van der Waals surface area contributed by atoms with Crippen molar-refractivity contribution >= 4 is 33.0 Å². The fourth-order valence-corrected chi connectivity index (χ4v) is 3.00. The van der Waals surface area contributed by atoms with E-state index >= 15 is 0 Å². The summed E-state index contributed by atoms with van der Waals surface area (Å²) in [7, 11) is -2.25. The molecule has 0 atom stereocenters. The first-order valence-corrected chi connectivity index (χ1v) is 9.54. The van der Waals surface area contributed by atoms with Gasteiger partial charge in [-0.1, -0.05) is 11.6 Å². The molecule has 3 N–H and O–H groups in total. The maximum atomic E-state index is 12.5. The van der Waals surface area contributed by atoms with Crippen molar-refractivity contribution in [1.82, 2.24) is 9.78 Å². The van der Waals surface area contributed by atoms with E-state index in [1.165, 1.54) is 30.5 Å². The molecule has 3 aromatic rings. The standard InChI is InChI=1S/C17H15ClN4O4S/c1-26-13-6-2-11(3-7-13)21-15-10-20-22(17(23)16(15)18)12-4-8-14(9-5-12)27(19,24)25/h2-10,21H,1H3,(H2,19,24,25). The second kappa shape index (κ2) is 7.39. The van der Waals surface area contributed by atoms with Gasteiger partial charge in [-0.2, -0.15) is 9.78 Å². The van der Waals surface area contributed by atoms with Gasteiger partial charge in [-0.15, -0.1) is 0 Å². The number of aromatic nitrogens is 2. The number of sulfonamides is 1. The monoisotopic (exact) mass is 406 g/mol. The zero-order chi connectivity index (χ0) is 19.6. The normalized spacial score (nSPS) is 11.2. The average Bonchev–Trinajstić information content (AvgIpc) is 2.66. The van der Waals surface area contributed by atoms with Crippen LogP contribution in [0, 0.1) is 0 Å². The number of primary sulfonamides is 1. The molecular weight excluding hydrogens is 392 g/mol. The second-order valence-electron chi connectivity index (χ2n) is 5.48. The van der Waals surface area contributed by atoms with E-state index in [-0.39, 0.29) is 9.92 Å². The molecule has 3 rings (SSSR count). The summed E-state index contributed by atoms with van der Waals surface area (Å²) in [5.74, 6) is 0.697. The van der Waals surface area contributed by atoms with Crippen molar-refractivity contribution in [3.05, 3.63) is 70.1 Å². The Kier molecular flexibility index (Phi) is 5.17. The summed E-state index contributed by atoms with van der Waals surface area (Å²) in [6.07, 6.45) is 1.40. The molecule has 2 aromatic carbocycles. The highest BCUT2D eigenvalue weighted by molar-refractivity contribution is 7.89. The number of hydrogen-bond acceptors (Lipinski definition) is 6. The predicted octanol–water partition coefficient (Wildman–Crippen LogP) is 2.29. The van der Waals surface area contributed by atoms with Gasteiger partial charge in [0.2, 0.25) is 10.0 Å². The number of hydrogen-bond donors (Lipinski definition) is 2. The van der Waals surface area contributed by atoms with Crippen LogP contribution in [-0.2, 0) is 10.0 Å². The number of nitrogens with two attached hydrogens (primary N) is 1. The number of benzene rings is 2. The van der Waals surface area contributed by atoms with E-state index in [1.807, 2.05) is 0 Å². The van der Waals surface area contributed by atoms with E-state index in [2.05, 4.69) is 10.4 Å². The summed E-state index contributed by atoms with van der Waals surface area (Å²) in [4.78, 5) is 12.5. The number of ether oxygens (including phenoxy) is 1. The van der Waals surface area contributed by atoms with Gasteiger partial charge >= 0.3 is 0 Å². The Hall–Kier alpha value is -2.88. The van der Waals surface area contributed by atoms with Crippen LogP contribution >= 0.6 is 11.6 Å². The highest BCUT2D eigenvalue weighted by atomic mass is 35.5. The summed E-state index contributed by atoms with van der Waals surface area (Å²) in [6.45, 7) is 0. The summed E-state index contributed by atoms with van der Waals surface area (Å²) in [5, 5.41) is 12.1. The maximum Gasteiger partial charge on any atom is 0.292 e. The molecule has 140 valence electrons. The van der Waals surface area contributed by atoms with E-state index in [1.54, 1.807) is 31.4 Å².